The van der Waals surface area contributed by atoms with E-state index in [9.17, 15) is 26.3 Å². The lowest BCUT2D eigenvalue weighted by Gasteiger charge is -2.40. The minimum Gasteiger partial charge on any atom is -0.283 e. The first-order chi connectivity index (χ1) is 9.11. The minimum absolute atomic E-state index is 0.0850. The molecule has 10 heteroatoms. The Balaban J connectivity index is 6.69. The second kappa shape index (κ2) is 5.83. The fraction of sp³-hybridized carbons (Fsp3) is 0.727. The van der Waals surface area contributed by atoms with E-state index >= 15 is 0 Å². The summed E-state index contributed by atoms with van der Waals surface area (Å²) in [5, 5.41) is 8.81. The van der Waals surface area contributed by atoms with Crippen LogP contribution in [0.15, 0.2) is 10.2 Å². The summed E-state index contributed by atoms with van der Waals surface area (Å²) in [5.41, 5.74) is -6.05. The van der Waals surface area contributed by atoms with Crippen LogP contribution in [-0.4, -0.2) is 51.0 Å². The molecule has 120 valence electrons. The maximum atomic E-state index is 13.2. The largest absolute Gasteiger partial charge is 0.421 e. The SMILES string of the molecule is CN(C)C(C(=C=N[Si](C)(C)C)C#N)(C(F)(F)F)C(F)(F)F. The van der Waals surface area contributed by atoms with E-state index < -0.39 is 31.7 Å². The Morgan fingerprint density at radius 1 is 1.00 bits per heavy atom. The molecule has 0 aliphatic rings. The van der Waals surface area contributed by atoms with Crippen molar-refractivity contribution in [3.8, 4) is 6.07 Å². The molecule has 21 heavy (non-hydrogen) atoms. The molecular formula is C11H15F6N3Si. The standard InChI is InChI=1S/C11H15F6N3Si/c1-20(2)9(10(12,13)14,11(15,16)17)8(6-18)7-19-21(3,4)5/h1-5H3. The first-order valence-electron chi connectivity index (χ1n) is 5.67. The minimum atomic E-state index is -5.75. The number of hydrogen-bond acceptors (Lipinski definition) is 3. The van der Waals surface area contributed by atoms with Crippen LogP contribution < -0.4 is 0 Å². The highest BCUT2D eigenvalue weighted by Crippen LogP contribution is 2.49. The fourth-order valence-electron chi connectivity index (χ4n) is 1.59. The molecule has 0 aromatic heterocycles. The third-order valence-electron chi connectivity index (χ3n) is 2.47. The van der Waals surface area contributed by atoms with Crippen LogP contribution in [0.5, 0.6) is 0 Å². The molecule has 0 unspecified atom stereocenters. The van der Waals surface area contributed by atoms with Gasteiger partial charge in [-0.3, -0.25) is 9.56 Å². The van der Waals surface area contributed by atoms with E-state index in [-0.39, 0.29) is 4.90 Å². The van der Waals surface area contributed by atoms with Gasteiger partial charge in [0, 0.05) is 0 Å². The Morgan fingerprint density at radius 3 is 1.57 bits per heavy atom. The quantitative estimate of drug-likeness (QED) is 0.344. The van der Waals surface area contributed by atoms with Crippen LogP contribution in [0.3, 0.4) is 0 Å². The zero-order chi connectivity index (χ0) is 17.3. The Labute approximate surface area is 119 Å². The predicted molar refractivity (Wildman–Crippen MR) is 68.4 cm³/mol. The van der Waals surface area contributed by atoms with Crippen molar-refractivity contribution < 1.29 is 26.3 Å². The molecule has 3 nitrogen and oxygen atoms in total. The van der Waals surface area contributed by atoms with E-state index in [4.69, 9.17) is 5.26 Å². The van der Waals surface area contributed by atoms with Crippen molar-refractivity contribution in [2.24, 2.45) is 4.66 Å². The number of halogens is 6. The van der Waals surface area contributed by atoms with E-state index in [2.05, 4.69) is 4.66 Å². The zero-order valence-corrected chi connectivity index (χ0v) is 13.1. The zero-order valence-electron chi connectivity index (χ0n) is 12.1. The lowest BCUT2D eigenvalue weighted by atomic mass is 9.88. The lowest BCUT2D eigenvalue weighted by molar-refractivity contribution is -0.318. The highest BCUT2D eigenvalue weighted by Gasteiger charge is 2.75. The number of nitriles is 1. The lowest BCUT2D eigenvalue weighted by Crippen LogP contribution is -2.66. The van der Waals surface area contributed by atoms with Crippen LogP contribution in [0.2, 0.25) is 19.6 Å². The molecule has 0 saturated carbocycles. The summed E-state index contributed by atoms with van der Waals surface area (Å²) >= 11 is 0. The summed E-state index contributed by atoms with van der Waals surface area (Å²) in [6.45, 7) is 4.77. The van der Waals surface area contributed by atoms with Crippen LogP contribution >= 0.6 is 0 Å². The van der Waals surface area contributed by atoms with E-state index in [1.54, 1.807) is 25.5 Å². The van der Waals surface area contributed by atoms with Gasteiger partial charge in [0.1, 0.15) is 11.6 Å². The second-order valence-electron chi connectivity index (χ2n) is 5.48. The molecule has 0 spiro atoms. The number of nitrogens with zero attached hydrogens (tertiary/aromatic N) is 3. The highest BCUT2D eigenvalue weighted by atomic mass is 28.3. The van der Waals surface area contributed by atoms with Crippen molar-refractivity contribution in [1.82, 2.24) is 4.90 Å². The van der Waals surface area contributed by atoms with Gasteiger partial charge in [-0.25, -0.2) is 0 Å². The molecule has 0 rings (SSSR count). The molecule has 0 aliphatic heterocycles. The van der Waals surface area contributed by atoms with Crippen LogP contribution in [0.4, 0.5) is 26.3 Å². The van der Waals surface area contributed by atoms with Crippen LogP contribution in [0.25, 0.3) is 0 Å². The molecule has 0 aromatic carbocycles. The Bertz CT molecular complexity index is 472. The van der Waals surface area contributed by atoms with Crippen LogP contribution in [0, 0.1) is 11.3 Å². The summed E-state index contributed by atoms with van der Waals surface area (Å²) in [7, 11) is -1.17. The summed E-state index contributed by atoms with van der Waals surface area (Å²) in [6, 6.07) is 0.962. The Hall–Kier alpha value is -1.30. The molecule has 0 saturated heterocycles. The average Bonchev–Trinajstić information content (AvgIpc) is 2.17. The number of hydrogen-bond donors (Lipinski definition) is 0. The maximum Gasteiger partial charge on any atom is 0.421 e. The van der Waals surface area contributed by atoms with Crippen molar-refractivity contribution >= 4 is 14.1 Å². The Kier molecular flexibility index (Phi) is 5.47. The van der Waals surface area contributed by atoms with E-state index in [1.165, 1.54) is 0 Å². The van der Waals surface area contributed by atoms with Crippen molar-refractivity contribution in [2.45, 2.75) is 37.5 Å². The van der Waals surface area contributed by atoms with Gasteiger partial charge in [-0.05, 0) is 39.6 Å². The van der Waals surface area contributed by atoms with Gasteiger partial charge in [0.25, 0.3) is 5.54 Å². The molecular weight excluding hydrogens is 316 g/mol. The van der Waals surface area contributed by atoms with Gasteiger partial charge in [-0.2, -0.15) is 31.6 Å². The van der Waals surface area contributed by atoms with Crippen LogP contribution in [0.1, 0.15) is 0 Å². The highest BCUT2D eigenvalue weighted by molar-refractivity contribution is 6.75. The molecule has 0 aliphatic carbocycles. The van der Waals surface area contributed by atoms with Gasteiger partial charge in [0.15, 0.2) is 8.24 Å². The summed E-state index contributed by atoms with van der Waals surface area (Å²) in [5.74, 6) is 1.71. The Morgan fingerprint density at radius 2 is 1.38 bits per heavy atom. The van der Waals surface area contributed by atoms with Crippen molar-refractivity contribution in [2.75, 3.05) is 14.1 Å². The normalized spacial score (nSPS) is 13.7. The van der Waals surface area contributed by atoms with Gasteiger partial charge in [0.2, 0.25) is 0 Å². The molecule has 0 bridgehead atoms. The number of rotatable bonds is 3. The second-order valence-corrected chi connectivity index (χ2v) is 10.0. The summed E-state index contributed by atoms with van der Waals surface area (Å²) in [6.07, 6.45) is -11.5. The summed E-state index contributed by atoms with van der Waals surface area (Å²) < 4.78 is 82.7. The fourth-order valence-corrected chi connectivity index (χ4v) is 2.03. The molecule has 0 N–H and O–H groups in total. The third-order valence-corrected chi connectivity index (χ3v) is 3.25. The molecule has 0 atom stereocenters. The van der Waals surface area contributed by atoms with Crippen molar-refractivity contribution in [3.05, 3.63) is 5.57 Å². The topological polar surface area (TPSA) is 39.4 Å². The molecule has 0 radical (unpaired) electrons. The maximum absolute atomic E-state index is 13.2. The van der Waals surface area contributed by atoms with Gasteiger partial charge in [-0.1, -0.05) is 0 Å². The molecule has 0 fully saturated rings. The van der Waals surface area contributed by atoms with Gasteiger partial charge in [-0.15, -0.1) is 0 Å². The monoisotopic (exact) mass is 331 g/mol. The first kappa shape index (κ1) is 19.7. The van der Waals surface area contributed by atoms with Crippen LogP contribution in [-0.2, 0) is 0 Å². The van der Waals surface area contributed by atoms with E-state index in [0.29, 0.717) is 14.1 Å². The molecule has 0 amide bonds. The van der Waals surface area contributed by atoms with E-state index in [0.717, 1.165) is 6.07 Å². The average molecular weight is 331 g/mol. The molecule has 0 heterocycles. The predicted octanol–water partition coefficient (Wildman–Crippen LogP) is 3.37. The molecule has 0 aromatic rings. The smallest absolute Gasteiger partial charge is 0.283 e. The summed E-state index contributed by atoms with van der Waals surface area (Å²) in [4.78, 5) is -0.0850. The van der Waals surface area contributed by atoms with Gasteiger partial charge < -0.3 is 0 Å². The van der Waals surface area contributed by atoms with Crippen molar-refractivity contribution in [3.63, 3.8) is 0 Å². The number of likely N-dealkylation sites (N-methyl/N-ethyl adjacent to an activating group) is 1. The number of alkyl halides is 6. The van der Waals surface area contributed by atoms with Gasteiger partial charge >= 0.3 is 12.4 Å². The first-order valence-corrected chi connectivity index (χ1v) is 9.12. The third kappa shape index (κ3) is 3.87. The van der Waals surface area contributed by atoms with Crippen molar-refractivity contribution in [1.29, 1.82) is 5.26 Å². The van der Waals surface area contributed by atoms with Gasteiger partial charge in [0.05, 0.1) is 0 Å². The van der Waals surface area contributed by atoms with E-state index in [1.807, 2.05) is 0 Å².